The number of aryl methyl sites for hydroxylation is 1. The Bertz CT molecular complexity index is 1400. The number of amides is 2. The van der Waals surface area contributed by atoms with Crippen LogP contribution in [0, 0.1) is 18.7 Å². The van der Waals surface area contributed by atoms with Gasteiger partial charge in [0.2, 0.25) is 21.8 Å². The molecule has 0 spiro atoms. The first-order valence-corrected chi connectivity index (χ1v) is 14.6. The van der Waals surface area contributed by atoms with Crippen LogP contribution in [0.15, 0.2) is 36.4 Å². The van der Waals surface area contributed by atoms with Crippen molar-refractivity contribution in [3.8, 4) is 0 Å². The number of carbonyl (C=O) groups excluding carboxylic acids is 2. The molecule has 0 radical (unpaired) electrons. The molecule has 232 valence electrons. The number of benzene rings is 2. The normalized spacial score (nSPS) is 18.2. The molecule has 2 aromatic rings. The molecular weight excluding hydrogens is 595 g/mol. The molecule has 15 heteroatoms. The number of alkyl halides is 6. The average molecular weight is 626 g/mol. The summed E-state index contributed by atoms with van der Waals surface area (Å²) in [5.41, 5.74) is -2.34. The van der Waals surface area contributed by atoms with E-state index in [9.17, 15) is 48.7 Å². The summed E-state index contributed by atoms with van der Waals surface area (Å²) in [4.78, 5) is 28.9. The first kappa shape index (κ1) is 33.3. The van der Waals surface area contributed by atoms with Crippen molar-refractivity contribution in [1.82, 2.24) is 9.80 Å². The Morgan fingerprint density at radius 3 is 2.14 bits per heavy atom. The lowest BCUT2D eigenvalue weighted by Crippen LogP contribution is -2.47. The fourth-order valence-electron chi connectivity index (χ4n) is 5.17. The van der Waals surface area contributed by atoms with E-state index in [1.807, 2.05) is 0 Å². The molecule has 0 aromatic heterocycles. The van der Waals surface area contributed by atoms with E-state index in [1.165, 1.54) is 30.1 Å². The molecule has 2 unspecified atom stereocenters. The number of nitrogens with two attached hydrogens (primary N) is 1. The molecule has 2 aromatic carbocycles. The molecule has 2 N–H and O–H groups in total. The minimum atomic E-state index is -5.04. The van der Waals surface area contributed by atoms with Crippen LogP contribution in [0.4, 0.5) is 30.7 Å². The van der Waals surface area contributed by atoms with E-state index >= 15 is 0 Å². The molecule has 2 atom stereocenters. The fourth-order valence-corrected chi connectivity index (χ4v) is 5.72. The summed E-state index contributed by atoms with van der Waals surface area (Å²) < 4.78 is 116. The molecule has 7 nitrogen and oxygen atoms in total. The summed E-state index contributed by atoms with van der Waals surface area (Å²) in [5.74, 6) is -3.40. The summed E-state index contributed by atoms with van der Waals surface area (Å²) in [6, 6.07) is 5.02. The van der Waals surface area contributed by atoms with Crippen molar-refractivity contribution < 1.29 is 48.7 Å². The SMILES string of the molecule is Cc1cc(F)ccc1C1CN(C(=O)CCCS(N)(=O)=O)CCC1C(=O)N(C)Cc1cc(C(F)(F)F)cc(C(F)(F)F)c1. The summed E-state index contributed by atoms with van der Waals surface area (Å²) in [5, 5.41) is 4.98. The van der Waals surface area contributed by atoms with Gasteiger partial charge >= 0.3 is 12.4 Å². The third-order valence-electron chi connectivity index (χ3n) is 7.18. The number of carbonyl (C=O) groups is 2. The van der Waals surface area contributed by atoms with Crippen molar-refractivity contribution in [1.29, 1.82) is 0 Å². The number of likely N-dealkylation sites (tertiary alicyclic amines) is 1. The highest BCUT2D eigenvalue weighted by Crippen LogP contribution is 2.38. The van der Waals surface area contributed by atoms with Gasteiger partial charge in [-0.3, -0.25) is 9.59 Å². The number of sulfonamides is 1. The first-order valence-electron chi connectivity index (χ1n) is 12.8. The van der Waals surface area contributed by atoms with Crippen LogP contribution < -0.4 is 5.14 Å². The number of hydrogen-bond acceptors (Lipinski definition) is 4. The van der Waals surface area contributed by atoms with Gasteiger partial charge in [0.25, 0.3) is 0 Å². The Kier molecular flexibility index (Phi) is 9.97. The van der Waals surface area contributed by atoms with Crippen molar-refractivity contribution in [3.05, 3.63) is 70.0 Å². The molecule has 2 amide bonds. The van der Waals surface area contributed by atoms with Gasteiger partial charge in [0.15, 0.2) is 0 Å². The van der Waals surface area contributed by atoms with Crippen LogP contribution in [-0.2, 0) is 38.5 Å². The number of halogens is 7. The summed E-state index contributed by atoms with van der Waals surface area (Å²) in [6.45, 7) is 1.16. The Hall–Kier alpha value is -3.20. The van der Waals surface area contributed by atoms with Crippen LogP contribution in [-0.4, -0.2) is 55.9 Å². The predicted molar refractivity (Wildman–Crippen MR) is 139 cm³/mol. The Morgan fingerprint density at radius 2 is 1.62 bits per heavy atom. The number of piperidine rings is 1. The minimum absolute atomic E-state index is 0.00665. The van der Waals surface area contributed by atoms with Crippen LogP contribution in [0.5, 0.6) is 0 Å². The molecule has 1 aliphatic rings. The van der Waals surface area contributed by atoms with E-state index in [-0.39, 0.29) is 49.9 Å². The van der Waals surface area contributed by atoms with Gasteiger partial charge in [0.05, 0.1) is 16.9 Å². The van der Waals surface area contributed by atoms with E-state index in [2.05, 4.69) is 0 Å². The first-order chi connectivity index (χ1) is 19.3. The molecule has 3 rings (SSSR count). The smallest absolute Gasteiger partial charge is 0.342 e. The van der Waals surface area contributed by atoms with Gasteiger partial charge < -0.3 is 9.80 Å². The molecule has 0 saturated carbocycles. The zero-order valence-electron chi connectivity index (χ0n) is 22.7. The molecule has 1 saturated heterocycles. The molecule has 1 fully saturated rings. The third-order valence-corrected chi connectivity index (χ3v) is 8.03. The van der Waals surface area contributed by atoms with E-state index in [0.717, 1.165) is 4.90 Å². The highest BCUT2D eigenvalue weighted by atomic mass is 32.2. The second-order valence-electron chi connectivity index (χ2n) is 10.4. The van der Waals surface area contributed by atoms with Crippen LogP contribution in [0.1, 0.15) is 53.0 Å². The number of rotatable bonds is 8. The van der Waals surface area contributed by atoms with E-state index < -0.39 is 69.4 Å². The van der Waals surface area contributed by atoms with Crippen molar-refractivity contribution in [2.45, 2.75) is 51.0 Å². The maximum absolute atomic E-state index is 13.9. The second-order valence-corrected chi connectivity index (χ2v) is 12.2. The van der Waals surface area contributed by atoms with Gasteiger partial charge in [-0.15, -0.1) is 0 Å². The van der Waals surface area contributed by atoms with Crippen LogP contribution in [0.2, 0.25) is 0 Å². The highest BCUT2D eigenvalue weighted by molar-refractivity contribution is 7.89. The largest absolute Gasteiger partial charge is 0.416 e. The lowest BCUT2D eigenvalue weighted by atomic mass is 9.78. The Labute approximate surface area is 238 Å². The minimum Gasteiger partial charge on any atom is -0.342 e. The zero-order valence-corrected chi connectivity index (χ0v) is 23.5. The summed E-state index contributed by atoms with van der Waals surface area (Å²) >= 11 is 0. The van der Waals surface area contributed by atoms with Crippen molar-refractivity contribution in [2.24, 2.45) is 11.1 Å². The summed E-state index contributed by atoms with van der Waals surface area (Å²) in [6.07, 6.45) is -10.1. The highest BCUT2D eigenvalue weighted by Gasteiger charge is 2.40. The monoisotopic (exact) mass is 625 g/mol. The molecule has 0 bridgehead atoms. The van der Waals surface area contributed by atoms with Crippen molar-refractivity contribution >= 4 is 21.8 Å². The lowest BCUT2D eigenvalue weighted by Gasteiger charge is -2.40. The molecule has 1 aliphatic heterocycles. The second kappa shape index (κ2) is 12.6. The van der Waals surface area contributed by atoms with E-state index in [4.69, 9.17) is 5.14 Å². The predicted octanol–water partition coefficient (Wildman–Crippen LogP) is 4.83. The standard InChI is InChI=1S/C27H30F7N3O4S/c1-16-10-20(28)5-6-21(16)23-15-37(24(38)4-3-9-42(35,40)41)8-7-22(23)25(39)36(2)14-17-11-18(26(29,30)31)13-19(12-17)27(32,33)34/h5-6,10-13,22-23H,3-4,7-9,14-15H2,1-2H3,(H2,35,40,41). The third kappa shape index (κ3) is 8.66. The maximum Gasteiger partial charge on any atom is 0.416 e. The Morgan fingerprint density at radius 1 is 1.02 bits per heavy atom. The van der Waals surface area contributed by atoms with Gasteiger partial charge in [-0.25, -0.2) is 17.9 Å². The van der Waals surface area contributed by atoms with Gasteiger partial charge in [0.1, 0.15) is 5.82 Å². The molecule has 42 heavy (non-hydrogen) atoms. The molecular formula is C27H30F7N3O4S. The maximum atomic E-state index is 13.9. The molecule has 0 aliphatic carbocycles. The van der Waals surface area contributed by atoms with Crippen LogP contribution in [0.3, 0.4) is 0 Å². The van der Waals surface area contributed by atoms with E-state index in [0.29, 0.717) is 23.3 Å². The van der Waals surface area contributed by atoms with E-state index in [1.54, 1.807) is 6.92 Å². The van der Waals surface area contributed by atoms with Crippen molar-refractivity contribution in [2.75, 3.05) is 25.9 Å². The number of nitrogens with zero attached hydrogens (tertiary/aromatic N) is 2. The van der Waals surface area contributed by atoms with Gasteiger partial charge in [-0.1, -0.05) is 6.07 Å². The van der Waals surface area contributed by atoms with Gasteiger partial charge in [-0.05, 0) is 66.8 Å². The molecule has 1 heterocycles. The summed E-state index contributed by atoms with van der Waals surface area (Å²) in [7, 11) is -2.51. The Balaban J connectivity index is 1.88. The lowest BCUT2D eigenvalue weighted by molar-refractivity contribution is -0.143. The van der Waals surface area contributed by atoms with Gasteiger partial charge in [-0.2, -0.15) is 26.3 Å². The van der Waals surface area contributed by atoms with Crippen LogP contribution >= 0.6 is 0 Å². The average Bonchev–Trinajstić information content (AvgIpc) is 2.86. The van der Waals surface area contributed by atoms with Gasteiger partial charge in [0, 0.05) is 44.9 Å². The van der Waals surface area contributed by atoms with Crippen molar-refractivity contribution in [3.63, 3.8) is 0 Å². The number of hydrogen-bond donors (Lipinski definition) is 1. The quantitative estimate of drug-likeness (QED) is 0.425. The van der Waals surface area contributed by atoms with Crippen LogP contribution in [0.25, 0.3) is 0 Å². The fraction of sp³-hybridized carbons (Fsp3) is 0.481. The number of primary sulfonamides is 1. The zero-order chi connectivity index (χ0) is 31.6. The topological polar surface area (TPSA) is 101 Å².